The molecule has 0 bridgehead atoms. The van der Waals surface area contributed by atoms with E-state index in [1.54, 1.807) is 52.2 Å². The van der Waals surface area contributed by atoms with Gasteiger partial charge in [0.25, 0.3) is 0 Å². The van der Waals surface area contributed by atoms with Crippen LogP contribution in [0.25, 0.3) is 5.69 Å². The number of rotatable bonds is 6. The lowest BCUT2D eigenvalue weighted by Crippen LogP contribution is -2.19. The first kappa shape index (κ1) is 24.5. The number of nitrogens with zero attached hydrogens (tertiary/aromatic N) is 4. The van der Waals surface area contributed by atoms with Crippen LogP contribution in [0.3, 0.4) is 0 Å². The van der Waals surface area contributed by atoms with Crippen molar-refractivity contribution in [1.82, 2.24) is 9.78 Å². The summed E-state index contributed by atoms with van der Waals surface area (Å²) in [6.07, 6.45) is 0.429. The third-order valence-corrected chi connectivity index (χ3v) is 6.62. The summed E-state index contributed by atoms with van der Waals surface area (Å²) in [7, 11) is 0. The Labute approximate surface area is 223 Å². The number of halogens is 3. The van der Waals surface area contributed by atoms with Gasteiger partial charge >= 0.3 is 0 Å². The summed E-state index contributed by atoms with van der Waals surface area (Å²) in [5.41, 5.74) is 4.24. The van der Waals surface area contributed by atoms with Crippen molar-refractivity contribution in [3.05, 3.63) is 137 Å². The number of benzene rings is 4. The molecular formula is C31H23F3N4O. The molecule has 6 rings (SSSR count). The van der Waals surface area contributed by atoms with Crippen LogP contribution in [-0.4, -0.2) is 15.5 Å². The lowest BCUT2D eigenvalue weighted by molar-refractivity contribution is 0.406. The summed E-state index contributed by atoms with van der Waals surface area (Å²) in [4.78, 5) is 0. The van der Waals surface area contributed by atoms with E-state index in [2.05, 4.69) is 0 Å². The molecule has 2 heterocycles. The minimum atomic E-state index is -0.507. The first-order chi connectivity index (χ1) is 19.0. The van der Waals surface area contributed by atoms with Crippen LogP contribution in [0.4, 0.5) is 18.9 Å². The normalized spacial score (nSPS) is 14.9. The fourth-order valence-electron chi connectivity index (χ4n) is 4.76. The van der Waals surface area contributed by atoms with Crippen molar-refractivity contribution in [2.75, 3.05) is 5.01 Å². The van der Waals surface area contributed by atoms with Gasteiger partial charge in [0.1, 0.15) is 11.6 Å². The van der Waals surface area contributed by atoms with Gasteiger partial charge in [-0.1, -0.05) is 42.5 Å². The van der Waals surface area contributed by atoms with Gasteiger partial charge in [-0.3, -0.25) is 5.01 Å². The molecule has 1 aliphatic heterocycles. The number of ether oxygens (including phenoxy) is 1. The molecule has 0 spiro atoms. The molecule has 1 aliphatic rings. The maximum atomic E-state index is 14.8. The molecule has 1 aromatic heterocycles. The number of aryl methyl sites for hydroxylation is 1. The van der Waals surface area contributed by atoms with Gasteiger partial charge < -0.3 is 4.74 Å². The summed E-state index contributed by atoms with van der Waals surface area (Å²) in [6, 6.07) is 27.4. The van der Waals surface area contributed by atoms with E-state index in [1.807, 2.05) is 37.3 Å². The predicted octanol–water partition coefficient (Wildman–Crippen LogP) is 7.75. The predicted molar refractivity (Wildman–Crippen MR) is 144 cm³/mol. The van der Waals surface area contributed by atoms with Crippen LogP contribution in [0.2, 0.25) is 0 Å². The van der Waals surface area contributed by atoms with E-state index in [0.717, 1.165) is 11.3 Å². The van der Waals surface area contributed by atoms with Gasteiger partial charge in [0.05, 0.1) is 34.4 Å². The summed E-state index contributed by atoms with van der Waals surface area (Å²) in [5, 5.41) is 11.4. The number of anilines is 1. The summed E-state index contributed by atoms with van der Waals surface area (Å²) >= 11 is 0. The van der Waals surface area contributed by atoms with E-state index in [0.29, 0.717) is 35.0 Å². The lowest BCUT2D eigenvalue weighted by Gasteiger charge is -2.24. The molecule has 0 saturated carbocycles. The number of hydrogen-bond acceptors (Lipinski definition) is 4. The molecule has 194 valence electrons. The third kappa shape index (κ3) is 4.77. The highest BCUT2D eigenvalue weighted by Crippen LogP contribution is 2.44. The Kier molecular flexibility index (Phi) is 6.36. The molecule has 39 heavy (non-hydrogen) atoms. The zero-order valence-corrected chi connectivity index (χ0v) is 20.9. The highest BCUT2D eigenvalue weighted by Gasteiger charge is 2.36. The molecule has 1 unspecified atom stereocenters. The van der Waals surface area contributed by atoms with Crippen molar-refractivity contribution >= 4 is 11.4 Å². The first-order valence-electron chi connectivity index (χ1n) is 12.4. The molecule has 4 aromatic carbocycles. The number of para-hydroxylation sites is 2. The minimum absolute atomic E-state index is 0.0573. The van der Waals surface area contributed by atoms with Gasteiger partial charge in [-0.2, -0.15) is 10.2 Å². The van der Waals surface area contributed by atoms with Crippen molar-refractivity contribution < 1.29 is 17.9 Å². The first-order valence-corrected chi connectivity index (χ1v) is 12.4. The molecule has 8 heteroatoms. The van der Waals surface area contributed by atoms with Gasteiger partial charge in [-0.05, 0) is 73.2 Å². The van der Waals surface area contributed by atoms with E-state index in [-0.39, 0.29) is 17.4 Å². The molecule has 0 N–H and O–H groups in total. The van der Waals surface area contributed by atoms with Crippen LogP contribution in [0.15, 0.2) is 108 Å². The Morgan fingerprint density at radius 3 is 2.08 bits per heavy atom. The Morgan fingerprint density at radius 1 is 0.744 bits per heavy atom. The van der Waals surface area contributed by atoms with Crippen LogP contribution in [-0.2, 0) is 0 Å². The summed E-state index contributed by atoms with van der Waals surface area (Å²) in [6.45, 7) is 1.86. The molecule has 0 aliphatic carbocycles. The summed E-state index contributed by atoms with van der Waals surface area (Å²) < 4.78 is 50.1. The van der Waals surface area contributed by atoms with Crippen molar-refractivity contribution in [3.63, 3.8) is 0 Å². The average molecular weight is 525 g/mol. The minimum Gasteiger partial charge on any atom is -0.435 e. The van der Waals surface area contributed by atoms with E-state index < -0.39 is 11.9 Å². The van der Waals surface area contributed by atoms with Crippen molar-refractivity contribution in [1.29, 1.82) is 0 Å². The Hall–Kier alpha value is -4.85. The van der Waals surface area contributed by atoms with E-state index >= 15 is 0 Å². The van der Waals surface area contributed by atoms with Crippen molar-refractivity contribution in [3.8, 4) is 17.3 Å². The highest BCUT2D eigenvalue weighted by molar-refractivity contribution is 6.03. The van der Waals surface area contributed by atoms with Crippen molar-refractivity contribution in [2.45, 2.75) is 19.4 Å². The van der Waals surface area contributed by atoms with Crippen LogP contribution in [0.1, 0.15) is 29.3 Å². The second kappa shape index (κ2) is 10.1. The number of aromatic nitrogens is 2. The van der Waals surface area contributed by atoms with Crippen LogP contribution < -0.4 is 9.75 Å². The van der Waals surface area contributed by atoms with Crippen LogP contribution in [0.5, 0.6) is 11.6 Å². The van der Waals surface area contributed by atoms with Gasteiger partial charge in [0.2, 0.25) is 5.88 Å². The number of hydrazone groups is 1. The van der Waals surface area contributed by atoms with Gasteiger partial charge in [0.15, 0.2) is 11.6 Å². The highest BCUT2D eigenvalue weighted by atomic mass is 19.1. The topological polar surface area (TPSA) is 42.6 Å². The number of hydrogen-bond donors (Lipinski definition) is 0. The molecule has 0 amide bonds. The smallest absolute Gasteiger partial charge is 0.228 e. The quantitative estimate of drug-likeness (QED) is 0.228. The Bertz CT molecular complexity index is 1650. The third-order valence-electron chi connectivity index (χ3n) is 6.62. The zero-order chi connectivity index (χ0) is 26.9. The fourth-order valence-corrected chi connectivity index (χ4v) is 4.76. The standard InChI is InChI=1S/C31H23F3N4O/c1-20-30(31(39-29-10-6-5-9-26(29)34)38(35-20)24-7-3-2-4-8-24)28-19-27(21-11-13-22(32)14-12-21)36-37(28)25-17-15-23(33)16-18-25/h2-18,28H,19H2,1H3. The largest absolute Gasteiger partial charge is 0.435 e. The average Bonchev–Trinajstić information content (AvgIpc) is 3.52. The van der Waals surface area contributed by atoms with E-state index in [4.69, 9.17) is 14.9 Å². The molecule has 1 atom stereocenters. The van der Waals surface area contributed by atoms with Gasteiger partial charge in [0, 0.05) is 6.42 Å². The second-order valence-electron chi connectivity index (χ2n) is 9.18. The zero-order valence-electron chi connectivity index (χ0n) is 20.9. The Morgan fingerprint density at radius 2 is 1.38 bits per heavy atom. The molecular weight excluding hydrogens is 501 g/mol. The second-order valence-corrected chi connectivity index (χ2v) is 9.18. The van der Waals surface area contributed by atoms with Gasteiger partial charge in [-0.25, -0.2) is 17.9 Å². The maximum Gasteiger partial charge on any atom is 0.228 e. The van der Waals surface area contributed by atoms with Crippen LogP contribution in [0, 0.1) is 24.4 Å². The monoisotopic (exact) mass is 524 g/mol. The lowest BCUT2D eigenvalue weighted by atomic mass is 9.98. The molecule has 0 fully saturated rings. The molecule has 5 aromatic rings. The maximum absolute atomic E-state index is 14.8. The molecule has 0 radical (unpaired) electrons. The van der Waals surface area contributed by atoms with Gasteiger partial charge in [-0.15, -0.1) is 0 Å². The fraction of sp³-hybridized carbons (Fsp3) is 0.0968. The van der Waals surface area contributed by atoms with E-state index in [9.17, 15) is 13.2 Å². The van der Waals surface area contributed by atoms with Crippen LogP contribution >= 0.6 is 0 Å². The van der Waals surface area contributed by atoms with Crippen molar-refractivity contribution in [2.24, 2.45) is 5.10 Å². The SMILES string of the molecule is Cc1nn(-c2ccccc2)c(Oc2ccccc2F)c1C1CC(c2ccc(F)cc2)=NN1c1ccc(F)cc1. The molecule has 5 nitrogen and oxygen atoms in total. The summed E-state index contributed by atoms with van der Waals surface area (Å²) in [5.74, 6) is -0.816. The Balaban J connectivity index is 1.51. The molecule has 0 saturated heterocycles. The van der Waals surface area contributed by atoms with E-state index in [1.165, 1.54) is 30.3 Å².